The Morgan fingerprint density at radius 1 is 1.29 bits per heavy atom. The van der Waals surface area contributed by atoms with Gasteiger partial charge in [-0.25, -0.2) is 9.37 Å². The van der Waals surface area contributed by atoms with Gasteiger partial charge in [-0.2, -0.15) is 0 Å². The van der Waals surface area contributed by atoms with Gasteiger partial charge in [0.25, 0.3) is 0 Å². The van der Waals surface area contributed by atoms with Crippen molar-refractivity contribution in [3.05, 3.63) is 41.8 Å². The number of hydrogen-bond acceptors (Lipinski definition) is 2. The van der Waals surface area contributed by atoms with E-state index >= 15 is 0 Å². The number of rotatable bonds is 1. The first-order valence-corrected chi connectivity index (χ1v) is 4.25. The Balaban J connectivity index is 2.73. The molecular weight excluding hydrogens is 181 g/mol. The van der Waals surface area contributed by atoms with Crippen LogP contribution in [0.15, 0.2) is 30.3 Å². The summed E-state index contributed by atoms with van der Waals surface area (Å²) in [6.07, 6.45) is 0. The van der Waals surface area contributed by atoms with Crippen LogP contribution in [0.5, 0.6) is 0 Å². The molecule has 0 saturated heterocycles. The summed E-state index contributed by atoms with van der Waals surface area (Å²) in [5.41, 5.74) is 0.876. The van der Waals surface area contributed by atoms with E-state index in [1.807, 2.05) is 0 Å². The molecule has 0 atom stereocenters. The van der Waals surface area contributed by atoms with Crippen LogP contribution >= 0.6 is 0 Å². The zero-order valence-corrected chi connectivity index (χ0v) is 7.62. The number of halogens is 1. The van der Waals surface area contributed by atoms with Crippen molar-refractivity contribution >= 4 is 16.7 Å². The minimum Gasteiger partial charge on any atom is -0.293 e. The monoisotopic (exact) mass is 189 g/mol. The summed E-state index contributed by atoms with van der Waals surface area (Å²) in [4.78, 5) is 15.1. The van der Waals surface area contributed by atoms with Gasteiger partial charge in [0.1, 0.15) is 11.5 Å². The third-order valence-electron chi connectivity index (χ3n) is 2.04. The number of carbonyl (C=O) groups is 1. The molecule has 0 saturated carbocycles. The van der Waals surface area contributed by atoms with E-state index in [-0.39, 0.29) is 11.6 Å². The molecule has 1 aromatic carbocycles. The lowest BCUT2D eigenvalue weighted by Crippen LogP contribution is -1.96. The maximum Gasteiger partial charge on any atom is 0.178 e. The summed E-state index contributed by atoms with van der Waals surface area (Å²) in [6.45, 7) is 1.44. The first kappa shape index (κ1) is 8.81. The van der Waals surface area contributed by atoms with Crippen molar-refractivity contribution in [1.29, 1.82) is 0 Å². The number of benzene rings is 1. The normalized spacial score (nSPS) is 10.4. The molecule has 14 heavy (non-hydrogen) atoms. The first-order chi connectivity index (χ1) is 6.68. The van der Waals surface area contributed by atoms with Crippen molar-refractivity contribution in [2.24, 2.45) is 0 Å². The fourth-order valence-corrected chi connectivity index (χ4v) is 1.31. The molecule has 1 heterocycles. The van der Waals surface area contributed by atoms with E-state index in [0.29, 0.717) is 16.6 Å². The van der Waals surface area contributed by atoms with Crippen LogP contribution in [-0.2, 0) is 0 Å². The molecule has 2 aromatic rings. The number of ketones is 1. The summed E-state index contributed by atoms with van der Waals surface area (Å²) in [5.74, 6) is -0.429. The van der Waals surface area contributed by atoms with Gasteiger partial charge in [0, 0.05) is 12.3 Å². The molecule has 0 aliphatic heterocycles. The average molecular weight is 189 g/mol. The van der Waals surface area contributed by atoms with Crippen LogP contribution < -0.4 is 0 Å². The Morgan fingerprint density at radius 3 is 2.79 bits per heavy atom. The molecule has 70 valence electrons. The summed E-state index contributed by atoms with van der Waals surface area (Å²) in [6, 6.07) is 7.75. The van der Waals surface area contributed by atoms with Crippen LogP contribution in [0.4, 0.5) is 4.39 Å². The molecule has 0 aliphatic rings. The highest BCUT2D eigenvalue weighted by molar-refractivity contribution is 5.94. The highest BCUT2D eigenvalue weighted by atomic mass is 19.1. The third kappa shape index (κ3) is 1.37. The number of nitrogens with zero attached hydrogens (tertiary/aromatic N) is 1. The van der Waals surface area contributed by atoms with Crippen molar-refractivity contribution < 1.29 is 9.18 Å². The van der Waals surface area contributed by atoms with Crippen molar-refractivity contribution in [3.8, 4) is 0 Å². The number of fused-ring (bicyclic) bond motifs is 1. The number of Topliss-reactive ketones (excluding diaryl/α,β-unsaturated/α-hetero) is 1. The van der Waals surface area contributed by atoms with Gasteiger partial charge in [0.05, 0.1) is 5.52 Å². The highest BCUT2D eigenvalue weighted by Crippen LogP contribution is 2.16. The summed E-state index contributed by atoms with van der Waals surface area (Å²) >= 11 is 0. The molecule has 0 fully saturated rings. The molecule has 0 N–H and O–H groups in total. The van der Waals surface area contributed by atoms with E-state index in [9.17, 15) is 9.18 Å². The zero-order chi connectivity index (χ0) is 10.1. The number of pyridine rings is 1. The van der Waals surface area contributed by atoms with E-state index in [4.69, 9.17) is 0 Å². The van der Waals surface area contributed by atoms with Gasteiger partial charge >= 0.3 is 0 Å². The lowest BCUT2D eigenvalue weighted by Gasteiger charge is -1.99. The van der Waals surface area contributed by atoms with Gasteiger partial charge < -0.3 is 0 Å². The SMILES string of the molecule is CC(=O)c1ccc2c(F)cccc2n1. The van der Waals surface area contributed by atoms with E-state index < -0.39 is 0 Å². The summed E-state index contributed by atoms with van der Waals surface area (Å²) < 4.78 is 13.2. The van der Waals surface area contributed by atoms with Gasteiger partial charge in [-0.1, -0.05) is 6.07 Å². The Bertz CT molecular complexity index is 508. The molecule has 0 radical (unpaired) electrons. The molecule has 0 aliphatic carbocycles. The van der Waals surface area contributed by atoms with Crippen molar-refractivity contribution in [3.63, 3.8) is 0 Å². The van der Waals surface area contributed by atoms with Crippen LogP contribution in [0.1, 0.15) is 17.4 Å². The van der Waals surface area contributed by atoms with Gasteiger partial charge in [-0.3, -0.25) is 4.79 Å². The zero-order valence-electron chi connectivity index (χ0n) is 7.62. The topological polar surface area (TPSA) is 30.0 Å². The largest absolute Gasteiger partial charge is 0.293 e. The Kier molecular flexibility index (Phi) is 2.00. The minimum absolute atomic E-state index is 0.115. The Hall–Kier alpha value is -1.77. The molecule has 3 heteroatoms. The predicted octanol–water partition coefficient (Wildman–Crippen LogP) is 2.58. The second kappa shape index (κ2) is 3.18. The van der Waals surface area contributed by atoms with Crippen molar-refractivity contribution in [2.75, 3.05) is 0 Å². The molecule has 0 spiro atoms. The Labute approximate surface area is 80.4 Å². The fraction of sp³-hybridized carbons (Fsp3) is 0.0909. The van der Waals surface area contributed by atoms with E-state index in [0.717, 1.165) is 0 Å². The first-order valence-electron chi connectivity index (χ1n) is 4.25. The number of hydrogen-bond donors (Lipinski definition) is 0. The van der Waals surface area contributed by atoms with Gasteiger partial charge in [-0.05, 0) is 24.3 Å². The highest BCUT2D eigenvalue weighted by Gasteiger charge is 2.04. The lowest BCUT2D eigenvalue weighted by atomic mass is 10.1. The van der Waals surface area contributed by atoms with Gasteiger partial charge in [-0.15, -0.1) is 0 Å². The molecule has 0 bridgehead atoms. The third-order valence-corrected chi connectivity index (χ3v) is 2.04. The van der Waals surface area contributed by atoms with Crippen LogP contribution in [0.2, 0.25) is 0 Å². The second-order valence-corrected chi connectivity index (χ2v) is 3.06. The molecule has 0 amide bonds. The second-order valence-electron chi connectivity index (χ2n) is 3.06. The Morgan fingerprint density at radius 2 is 2.07 bits per heavy atom. The van der Waals surface area contributed by atoms with Gasteiger partial charge in [0.2, 0.25) is 0 Å². The van der Waals surface area contributed by atoms with E-state index in [1.54, 1.807) is 18.2 Å². The average Bonchev–Trinajstić information content (AvgIpc) is 2.17. The van der Waals surface area contributed by atoms with E-state index in [2.05, 4.69) is 4.98 Å². The smallest absolute Gasteiger partial charge is 0.178 e. The molecule has 2 rings (SSSR count). The van der Waals surface area contributed by atoms with E-state index in [1.165, 1.54) is 19.1 Å². The fourth-order valence-electron chi connectivity index (χ4n) is 1.31. The predicted molar refractivity (Wildman–Crippen MR) is 51.7 cm³/mol. The molecule has 1 aromatic heterocycles. The molecule has 2 nitrogen and oxygen atoms in total. The summed E-state index contributed by atoms with van der Waals surface area (Å²) in [7, 11) is 0. The molecular formula is C11H8FNO. The standard InChI is InChI=1S/C11H8FNO/c1-7(14)10-6-5-8-9(12)3-2-4-11(8)13-10/h2-6H,1H3. The minimum atomic E-state index is -0.315. The lowest BCUT2D eigenvalue weighted by molar-refractivity contribution is 0.101. The quantitative estimate of drug-likeness (QED) is 0.645. The maximum atomic E-state index is 13.2. The molecule has 0 unspecified atom stereocenters. The number of carbonyl (C=O) groups excluding carboxylic acids is 1. The van der Waals surface area contributed by atoms with Crippen molar-refractivity contribution in [2.45, 2.75) is 6.92 Å². The summed E-state index contributed by atoms with van der Waals surface area (Å²) in [5, 5.41) is 0.442. The van der Waals surface area contributed by atoms with Gasteiger partial charge in [0.15, 0.2) is 5.78 Å². The van der Waals surface area contributed by atoms with Crippen molar-refractivity contribution in [1.82, 2.24) is 4.98 Å². The van der Waals surface area contributed by atoms with Crippen LogP contribution in [-0.4, -0.2) is 10.8 Å². The number of aromatic nitrogens is 1. The maximum absolute atomic E-state index is 13.2. The van der Waals surface area contributed by atoms with Crippen LogP contribution in [0.25, 0.3) is 10.9 Å². The van der Waals surface area contributed by atoms with Crippen LogP contribution in [0, 0.1) is 5.82 Å². The van der Waals surface area contributed by atoms with Crippen LogP contribution in [0.3, 0.4) is 0 Å².